The van der Waals surface area contributed by atoms with Crippen molar-refractivity contribution in [2.75, 3.05) is 7.11 Å². The van der Waals surface area contributed by atoms with Gasteiger partial charge in [0.05, 0.1) is 7.11 Å². The van der Waals surface area contributed by atoms with Crippen LogP contribution in [0.5, 0.6) is 0 Å². The molecular weight excluding hydrogens is 202 g/mol. The van der Waals surface area contributed by atoms with Crippen molar-refractivity contribution in [1.29, 1.82) is 0 Å². The van der Waals surface area contributed by atoms with E-state index in [1.165, 1.54) is 20.0 Å². The van der Waals surface area contributed by atoms with Gasteiger partial charge in [-0.05, 0) is 24.7 Å². The van der Waals surface area contributed by atoms with Crippen molar-refractivity contribution in [1.82, 2.24) is 5.32 Å². The smallest absolute Gasteiger partial charge is 0.323 e. The van der Waals surface area contributed by atoms with Gasteiger partial charge in [-0.1, -0.05) is 33.6 Å². The van der Waals surface area contributed by atoms with Gasteiger partial charge in [-0.25, -0.2) is 0 Å². The number of carbonyl (C=O) groups excluding carboxylic acids is 1. The maximum absolute atomic E-state index is 11.8. The molecule has 16 heavy (non-hydrogen) atoms. The zero-order valence-electron chi connectivity index (χ0n) is 11.0. The maximum atomic E-state index is 11.8. The Kier molecular flexibility index (Phi) is 5.26. The molecule has 3 atom stereocenters. The van der Waals surface area contributed by atoms with Crippen molar-refractivity contribution < 1.29 is 9.53 Å². The van der Waals surface area contributed by atoms with Crippen LogP contribution in [0.2, 0.25) is 0 Å². The van der Waals surface area contributed by atoms with E-state index < -0.39 is 0 Å². The number of rotatable bonds is 4. The van der Waals surface area contributed by atoms with Crippen LogP contribution >= 0.6 is 0 Å². The lowest BCUT2D eigenvalue weighted by Gasteiger charge is -2.33. The van der Waals surface area contributed by atoms with Gasteiger partial charge in [-0.15, -0.1) is 0 Å². The molecule has 0 aromatic rings. The van der Waals surface area contributed by atoms with Gasteiger partial charge in [0.2, 0.25) is 0 Å². The van der Waals surface area contributed by atoms with Crippen LogP contribution in [0.4, 0.5) is 0 Å². The molecule has 0 aliphatic heterocycles. The van der Waals surface area contributed by atoms with Crippen LogP contribution in [-0.2, 0) is 9.53 Å². The van der Waals surface area contributed by atoms with Gasteiger partial charge in [0.25, 0.3) is 0 Å². The van der Waals surface area contributed by atoms with E-state index in [0.717, 1.165) is 18.8 Å². The van der Waals surface area contributed by atoms with Crippen LogP contribution in [0.25, 0.3) is 0 Å². The summed E-state index contributed by atoms with van der Waals surface area (Å²) in [5, 5.41) is 3.35. The molecule has 0 bridgehead atoms. The molecule has 0 amide bonds. The van der Waals surface area contributed by atoms with E-state index >= 15 is 0 Å². The van der Waals surface area contributed by atoms with Gasteiger partial charge in [-0.3, -0.25) is 4.79 Å². The number of methoxy groups -OCH3 is 1. The molecule has 1 N–H and O–H groups in total. The van der Waals surface area contributed by atoms with E-state index in [-0.39, 0.29) is 12.0 Å². The third-order valence-electron chi connectivity index (χ3n) is 3.42. The Labute approximate surface area is 98.9 Å². The Balaban J connectivity index is 2.63. The number of esters is 1. The predicted molar refractivity (Wildman–Crippen MR) is 65.2 cm³/mol. The van der Waals surface area contributed by atoms with Gasteiger partial charge in [0.1, 0.15) is 6.04 Å². The molecule has 3 heteroatoms. The molecule has 0 spiro atoms. The normalized spacial score (nSPS) is 27.8. The van der Waals surface area contributed by atoms with E-state index in [0.29, 0.717) is 12.0 Å². The molecule has 0 aromatic heterocycles. The summed E-state index contributed by atoms with van der Waals surface area (Å²) in [4.78, 5) is 11.8. The fourth-order valence-corrected chi connectivity index (χ4v) is 2.67. The van der Waals surface area contributed by atoms with Gasteiger partial charge >= 0.3 is 5.97 Å². The number of carbonyl (C=O) groups is 1. The van der Waals surface area contributed by atoms with Crippen molar-refractivity contribution >= 4 is 5.97 Å². The molecule has 0 radical (unpaired) electrons. The molecular formula is C13H25NO2. The fraction of sp³-hybridized carbons (Fsp3) is 0.923. The zero-order chi connectivity index (χ0) is 12.1. The summed E-state index contributed by atoms with van der Waals surface area (Å²) in [6.07, 6.45) is 4.81. The number of ether oxygens (including phenoxy) is 1. The topological polar surface area (TPSA) is 38.3 Å². The third kappa shape index (κ3) is 3.78. The highest BCUT2D eigenvalue weighted by molar-refractivity contribution is 5.76. The highest BCUT2D eigenvalue weighted by Gasteiger charge is 2.32. The van der Waals surface area contributed by atoms with Crippen LogP contribution in [0.15, 0.2) is 0 Å². The summed E-state index contributed by atoms with van der Waals surface area (Å²) in [5.41, 5.74) is 0. The Morgan fingerprint density at radius 1 is 1.38 bits per heavy atom. The van der Waals surface area contributed by atoms with Crippen LogP contribution in [-0.4, -0.2) is 25.2 Å². The first-order chi connectivity index (χ1) is 7.54. The Bertz CT molecular complexity index is 228. The summed E-state index contributed by atoms with van der Waals surface area (Å²) < 4.78 is 4.90. The lowest BCUT2D eigenvalue weighted by Crippen LogP contribution is -2.47. The second-order valence-electron chi connectivity index (χ2n) is 5.35. The quantitative estimate of drug-likeness (QED) is 0.749. The second kappa shape index (κ2) is 6.24. The first-order valence-electron chi connectivity index (χ1n) is 6.38. The Hall–Kier alpha value is -0.570. The lowest BCUT2D eigenvalue weighted by atomic mass is 9.78. The van der Waals surface area contributed by atoms with Gasteiger partial charge in [0, 0.05) is 6.04 Å². The van der Waals surface area contributed by atoms with E-state index in [1.807, 2.05) is 0 Å². The average Bonchev–Trinajstić information content (AvgIpc) is 2.24. The van der Waals surface area contributed by atoms with E-state index in [2.05, 4.69) is 26.1 Å². The van der Waals surface area contributed by atoms with Crippen molar-refractivity contribution in [3.63, 3.8) is 0 Å². The standard InChI is InChI=1S/C13H25NO2/c1-9(2)14-12(13(15)16-4)11-7-5-6-10(3)8-11/h9-12,14H,5-8H2,1-4H3. The van der Waals surface area contributed by atoms with Crippen LogP contribution in [0.3, 0.4) is 0 Å². The van der Waals surface area contributed by atoms with Crippen LogP contribution < -0.4 is 5.32 Å². The number of hydrogen-bond acceptors (Lipinski definition) is 3. The first kappa shape index (κ1) is 13.5. The number of nitrogens with one attached hydrogen (secondary N) is 1. The third-order valence-corrected chi connectivity index (χ3v) is 3.42. The molecule has 3 nitrogen and oxygen atoms in total. The zero-order valence-corrected chi connectivity index (χ0v) is 11.0. The van der Waals surface area contributed by atoms with Gasteiger partial charge in [0.15, 0.2) is 0 Å². The molecule has 0 saturated heterocycles. The highest BCUT2D eigenvalue weighted by atomic mass is 16.5. The van der Waals surface area contributed by atoms with Crippen molar-refractivity contribution in [2.45, 2.75) is 58.5 Å². The molecule has 0 aromatic carbocycles. The SMILES string of the molecule is COC(=O)C(NC(C)C)C1CCCC(C)C1. The minimum atomic E-state index is -0.118. The molecule has 3 unspecified atom stereocenters. The molecule has 1 aliphatic rings. The van der Waals surface area contributed by atoms with E-state index in [1.54, 1.807) is 0 Å². The van der Waals surface area contributed by atoms with Crippen molar-refractivity contribution in [3.05, 3.63) is 0 Å². The van der Waals surface area contributed by atoms with E-state index in [9.17, 15) is 4.79 Å². The summed E-state index contributed by atoms with van der Waals surface area (Å²) in [5.74, 6) is 1.08. The minimum Gasteiger partial charge on any atom is -0.468 e. The van der Waals surface area contributed by atoms with Crippen molar-refractivity contribution in [3.8, 4) is 0 Å². The van der Waals surface area contributed by atoms with E-state index in [4.69, 9.17) is 4.74 Å². The number of hydrogen-bond donors (Lipinski definition) is 1. The monoisotopic (exact) mass is 227 g/mol. The average molecular weight is 227 g/mol. The predicted octanol–water partition coefficient (Wildman–Crippen LogP) is 2.35. The van der Waals surface area contributed by atoms with Gasteiger partial charge < -0.3 is 10.1 Å². The maximum Gasteiger partial charge on any atom is 0.323 e. The Morgan fingerprint density at radius 3 is 2.56 bits per heavy atom. The largest absolute Gasteiger partial charge is 0.468 e. The Morgan fingerprint density at radius 2 is 2.06 bits per heavy atom. The lowest BCUT2D eigenvalue weighted by molar-refractivity contribution is -0.145. The summed E-state index contributed by atoms with van der Waals surface area (Å²) in [6.45, 7) is 6.42. The summed E-state index contributed by atoms with van der Waals surface area (Å²) in [7, 11) is 1.48. The second-order valence-corrected chi connectivity index (χ2v) is 5.35. The molecule has 0 heterocycles. The summed E-state index contributed by atoms with van der Waals surface area (Å²) >= 11 is 0. The fourth-order valence-electron chi connectivity index (χ4n) is 2.67. The molecule has 1 fully saturated rings. The molecule has 1 saturated carbocycles. The van der Waals surface area contributed by atoms with Crippen LogP contribution in [0, 0.1) is 11.8 Å². The molecule has 1 aliphatic carbocycles. The summed E-state index contributed by atoms with van der Waals surface area (Å²) in [6, 6.07) is 0.203. The van der Waals surface area contributed by atoms with Crippen LogP contribution in [0.1, 0.15) is 46.5 Å². The molecule has 1 rings (SSSR count). The molecule has 94 valence electrons. The highest BCUT2D eigenvalue weighted by Crippen LogP contribution is 2.31. The van der Waals surface area contributed by atoms with Gasteiger partial charge in [-0.2, -0.15) is 0 Å². The van der Waals surface area contributed by atoms with Crippen molar-refractivity contribution in [2.24, 2.45) is 11.8 Å². The minimum absolute atomic E-state index is 0.104. The first-order valence-corrected chi connectivity index (χ1v) is 6.38.